The second-order valence-electron chi connectivity index (χ2n) is 10.1. The summed E-state index contributed by atoms with van der Waals surface area (Å²) in [7, 11) is -0.365. The van der Waals surface area contributed by atoms with Gasteiger partial charge in [-0.15, -0.1) is 0 Å². The van der Waals surface area contributed by atoms with Crippen molar-refractivity contribution in [3.8, 4) is 22.3 Å². The molecule has 0 saturated carbocycles. The molecule has 0 amide bonds. The molecule has 1 aliphatic heterocycles. The molecule has 1 aromatic heterocycles. The Bertz CT molecular complexity index is 1500. The maximum Gasteiger partial charge on any atom is 0.494 e. The molecule has 34 heavy (non-hydrogen) atoms. The summed E-state index contributed by atoms with van der Waals surface area (Å²) in [6.07, 6.45) is 0. The standard InChI is InChI=1S/C30H27BO3/c1-29(2)30(3,4)34-31(33-29)23-10-7-9-22(19-23)20-15-17-21(18-16-20)24-12-8-14-27-28(24)25-11-5-6-13-26(25)32-27/h5-19H,1-4H3. The van der Waals surface area contributed by atoms with E-state index in [1.807, 2.05) is 18.2 Å². The van der Waals surface area contributed by atoms with Crippen LogP contribution in [0.3, 0.4) is 0 Å². The first-order chi connectivity index (χ1) is 16.3. The van der Waals surface area contributed by atoms with Gasteiger partial charge in [0, 0.05) is 10.8 Å². The van der Waals surface area contributed by atoms with Crippen LogP contribution in [0.4, 0.5) is 0 Å². The van der Waals surface area contributed by atoms with E-state index in [4.69, 9.17) is 13.7 Å². The number of rotatable bonds is 3. The third kappa shape index (κ3) is 3.37. The molecule has 2 heterocycles. The quantitative estimate of drug-likeness (QED) is 0.274. The zero-order valence-electron chi connectivity index (χ0n) is 20.0. The van der Waals surface area contributed by atoms with Gasteiger partial charge in [-0.25, -0.2) is 0 Å². The molecule has 4 heteroatoms. The molecule has 0 spiro atoms. The molecule has 0 unspecified atom stereocenters. The minimum atomic E-state index is -0.365. The van der Waals surface area contributed by atoms with Crippen LogP contribution < -0.4 is 5.46 Å². The van der Waals surface area contributed by atoms with E-state index in [-0.39, 0.29) is 18.3 Å². The van der Waals surface area contributed by atoms with E-state index in [0.717, 1.165) is 38.5 Å². The molecule has 1 saturated heterocycles. The number of furan rings is 1. The summed E-state index contributed by atoms with van der Waals surface area (Å²) >= 11 is 0. The molecular weight excluding hydrogens is 419 g/mol. The van der Waals surface area contributed by atoms with Crippen molar-refractivity contribution in [2.75, 3.05) is 0 Å². The smallest absolute Gasteiger partial charge is 0.456 e. The van der Waals surface area contributed by atoms with Crippen LogP contribution in [0.5, 0.6) is 0 Å². The molecule has 3 nitrogen and oxygen atoms in total. The molecular formula is C30H27BO3. The first kappa shape index (κ1) is 21.2. The summed E-state index contributed by atoms with van der Waals surface area (Å²) < 4.78 is 18.6. The lowest BCUT2D eigenvalue weighted by Crippen LogP contribution is -2.41. The Morgan fingerprint density at radius 1 is 0.588 bits per heavy atom. The molecule has 0 N–H and O–H groups in total. The lowest BCUT2D eigenvalue weighted by molar-refractivity contribution is 0.00578. The number of hydrogen-bond acceptors (Lipinski definition) is 3. The predicted octanol–water partition coefficient (Wildman–Crippen LogP) is 7.22. The first-order valence-corrected chi connectivity index (χ1v) is 11.8. The largest absolute Gasteiger partial charge is 0.494 e. The van der Waals surface area contributed by atoms with E-state index < -0.39 is 0 Å². The van der Waals surface area contributed by atoms with Crippen LogP contribution in [-0.2, 0) is 9.31 Å². The van der Waals surface area contributed by atoms with Crippen LogP contribution in [0.1, 0.15) is 27.7 Å². The van der Waals surface area contributed by atoms with Gasteiger partial charge in [-0.2, -0.15) is 0 Å². The summed E-state index contributed by atoms with van der Waals surface area (Å²) in [5.41, 5.74) is 6.81. The van der Waals surface area contributed by atoms with Crippen molar-refractivity contribution >= 4 is 34.5 Å². The highest BCUT2D eigenvalue weighted by Crippen LogP contribution is 2.38. The van der Waals surface area contributed by atoms with Gasteiger partial charge < -0.3 is 13.7 Å². The highest BCUT2D eigenvalue weighted by molar-refractivity contribution is 6.62. The fourth-order valence-electron chi connectivity index (χ4n) is 4.70. The molecule has 0 bridgehead atoms. The predicted molar refractivity (Wildman–Crippen MR) is 140 cm³/mol. The van der Waals surface area contributed by atoms with Crippen LogP contribution in [-0.4, -0.2) is 18.3 Å². The minimum absolute atomic E-state index is 0.354. The second-order valence-corrected chi connectivity index (χ2v) is 10.1. The van der Waals surface area contributed by atoms with Gasteiger partial charge in [0.1, 0.15) is 11.2 Å². The third-order valence-corrected chi connectivity index (χ3v) is 7.34. The molecule has 1 fully saturated rings. The number of hydrogen-bond donors (Lipinski definition) is 0. The minimum Gasteiger partial charge on any atom is -0.456 e. The highest BCUT2D eigenvalue weighted by atomic mass is 16.7. The van der Waals surface area contributed by atoms with Gasteiger partial charge in [0.2, 0.25) is 0 Å². The summed E-state index contributed by atoms with van der Waals surface area (Å²) in [6, 6.07) is 31.7. The van der Waals surface area contributed by atoms with Crippen molar-refractivity contribution in [3.63, 3.8) is 0 Å². The molecule has 168 valence electrons. The van der Waals surface area contributed by atoms with Gasteiger partial charge in [-0.1, -0.05) is 78.9 Å². The number of para-hydroxylation sites is 1. The molecule has 0 radical (unpaired) electrons. The van der Waals surface area contributed by atoms with Crippen LogP contribution in [0.15, 0.2) is 95.4 Å². The van der Waals surface area contributed by atoms with E-state index in [0.29, 0.717) is 0 Å². The number of benzene rings is 4. The van der Waals surface area contributed by atoms with Crippen LogP contribution in [0, 0.1) is 0 Å². The van der Waals surface area contributed by atoms with Crippen molar-refractivity contribution in [3.05, 3.63) is 91.0 Å². The fraction of sp³-hybridized carbons (Fsp3) is 0.200. The summed E-state index contributed by atoms with van der Waals surface area (Å²) in [4.78, 5) is 0. The zero-order chi connectivity index (χ0) is 23.5. The third-order valence-electron chi connectivity index (χ3n) is 7.34. The van der Waals surface area contributed by atoms with Gasteiger partial charge in [-0.3, -0.25) is 0 Å². The maximum absolute atomic E-state index is 6.26. The van der Waals surface area contributed by atoms with E-state index in [2.05, 4.69) is 100 Å². The Kier molecular flexibility index (Phi) is 4.74. The lowest BCUT2D eigenvalue weighted by atomic mass is 9.78. The second kappa shape index (κ2) is 7.59. The van der Waals surface area contributed by atoms with Crippen LogP contribution in [0.2, 0.25) is 0 Å². The van der Waals surface area contributed by atoms with Gasteiger partial charge >= 0.3 is 7.12 Å². The summed E-state index contributed by atoms with van der Waals surface area (Å²) in [6.45, 7) is 8.33. The molecule has 4 aromatic carbocycles. The monoisotopic (exact) mass is 446 g/mol. The van der Waals surface area contributed by atoms with E-state index >= 15 is 0 Å². The van der Waals surface area contributed by atoms with Crippen molar-refractivity contribution in [2.45, 2.75) is 38.9 Å². The Morgan fingerprint density at radius 3 is 2.00 bits per heavy atom. The normalized spacial score (nSPS) is 17.0. The summed E-state index contributed by atoms with van der Waals surface area (Å²) in [5.74, 6) is 0. The van der Waals surface area contributed by atoms with Crippen LogP contribution in [0.25, 0.3) is 44.2 Å². The zero-order valence-corrected chi connectivity index (χ0v) is 20.0. The summed E-state index contributed by atoms with van der Waals surface area (Å²) in [5, 5.41) is 2.31. The van der Waals surface area contributed by atoms with Crippen LogP contribution >= 0.6 is 0 Å². The lowest BCUT2D eigenvalue weighted by Gasteiger charge is -2.32. The van der Waals surface area contributed by atoms with Gasteiger partial charge in [-0.05, 0) is 67.5 Å². The Hall–Kier alpha value is -3.34. The molecule has 5 aromatic rings. The van der Waals surface area contributed by atoms with E-state index in [1.54, 1.807) is 0 Å². The molecule has 1 aliphatic rings. The van der Waals surface area contributed by atoms with Crippen molar-refractivity contribution in [1.29, 1.82) is 0 Å². The van der Waals surface area contributed by atoms with E-state index in [9.17, 15) is 0 Å². The fourth-order valence-corrected chi connectivity index (χ4v) is 4.70. The van der Waals surface area contributed by atoms with Crippen molar-refractivity contribution in [1.82, 2.24) is 0 Å². The van der Waals surface area contributed by atoms with Crippen molar-refractivity contribution < 1.29 is 13.7 Å². The van der Waals surface area contributed by atoms with Crippen molar-refractivity contribution in [2.24, 2.45) is 0 Å². The first-order valence-electron chi connectivity index (χ1n) is 11.8. The number of fused-ring (bicyclic) bond motifs is 3. The van der Waals surface area contributed by atoms with E-state index in [1.165, 1.54) is 11.1 Å². The average molecular weight is 446 g/mol. The Labute approximate surface area is 200 Å². The SMILES string of the molecule is CC1(C)OB(c2cccc(-c3ccc(-c4cccc5oc6ccccc6c45)cc3)c2)OC1(C)C. The molecule has 0 aliphatic carbocycles. The average Bonchev–Trinajstić information content (AvgIpc) is 3.32. The van der Waals surface area contributed by atoms with Gasteiger partial charge in [0.05, 0.1) is 11.2 Å². The van der Waals surface area contributed by atoms with Gasteiger partial charge in [0.25, 0.3) is 0 Å². The Balaban J connectivity index is 1.35. The Morgan fingerprint density at radius 2 is 1.24 bits per heavy atom. The topological polar surface area (TPSA) is 31.6 Å². The van der Waals surface area contributed by atoms with Gasteiger partial charge in [0.15, 0.2) is 0 Å². The molecule has 0 atom stereocenters. The maximum atomic E-state index is 6.26. The highest BCUT2D eigenvalue weighted by Gasteiger charge is 2.51. The molecule has 6 rings (SSSR count).